The number of hydrogen-bond acceptors (Lipinski definition) is 3. The van der Waals surface area contributed by atoms with Gasteiger partial charge in [0.15, 0.2) is 6.29 Å². The maximum atomic E-state index is 12.7. The van der Waals surface area contributed by atoms with Crippen LogP contribution in [0.1, 0.15) is 10.4 Å². The molecule has 1 aromatic heterocycles. The highest BCUT2D eigenvalue weighted by atomic mass is 79.9. The lowest BCUT2D eigenvalue weighted by Crippen LogP contribution is -2.11. The first kappa shape index (κ1) is 14.0. The number of aromatic nitrogens is 1. The Hall–Kier alpha value is -1.92. The Morgan fingerprint density at radius 3 is 2.33 bits per heavy atom. The SMILES string of the molecule is O=Cc1cn(S(=O)(=O)c2ccc(Br)cc2)c2ccccc12. The van der Waals surface area contributed by atoms with Gasteiger partial charge < -0.3 is 0 Å². The molecule has 0 spiro atoms. The van der Waals surface area contributed by atoms with Crippen LogP contribution in [0.3, 0.4) is 0 Å². The van der Waals surface area contributed by atoms with Gasteiger partial charge in [-0.1, -0.05) is 34.1 Å². The zero-order chi connectivity index (χ0) is 15.0. The zero-order valence-electron chi connectivity index (χ0n) is 10.7. The summed E-state index contributed by atoms with van der Waals surface area (Å²) < 4.78 is 27.4. The van der Waals surface area contributed by atoms with Crippen molar-refractivity contribution in [1.82, 2.24) is 3.97 Å². The quantitative estimate of drug-likeness (QED) is 0.669. The molecular weight excluding hydrogens is 354 g/mol. The van der Waals surface area contributed by atoms with Crippen molar-refractivity contribution in [3.05, 3.63) is 64.8 Å². The first-order chi connectivity index (χ1) is 10.0. The van der Waals surface area contributed by atoms with Crippen molar-refractivity contribution in [3.63, 3.8) is 0 Å². The minimum atomic E-state index is -3.73. The van der Waals surface area contributed by atoms with Crippen LogP contribution < -0.4 is 0 Å². The second kappa shape index (κ2) is 5.13. The Kier molecular flexibility index (Phi) is 3.43. The molecule has 0 aliphatic rings. The molecule has 4 nitrogen and oxygen atoms in total. The van der Waals surface area contributed by atoms with Gasteiger partial charge in [-0.25, -0.2) is 12.4 Å². The summed E-state index contributed by atoms with van der Waals surface area (Å²) in [7, 11) is -3.73. The lowest BCUT2D eigenvalue weighted by atomic mass is 10.2. The highest BCUT2D eigenvalue weighted by Crippen LogP contribution is 2.25. The van der Waals surface area contributed by atoms with E-state index in [0.29, 0.717) is 22.8 Å². The number of halogens is 1. The number of carbonyl (C=O) groups excluding carboxylic acids is 1. The second-order valence-electron chi connectivity index (χ2n) is 4.47. The summed E-state index contributed by atoms with van der Waals surface area (Å²) in [6, 6.07) is 13.3. The Bertz CT molecular complexity index is 927. The molecule has 0 radical (unpaired) electrons. The third-order valence-corrected chi connectivity index (χ3v) is 5.42. The predicted molar refractivity (Wildman–Crippen MR) is 84.1 cm³/mol. The van der Waals surface area contributed by atoms with Crippen LogP contribution in [0.25, 0.3) is 10.9 Å². The van der Waals surface area contributed by atoms with E-state index in [9.17, 15) is 13.2 Å². The molecule has 0 unspecified atom stereocenters. The van der Waals surface area contributed by atoms with Crippen molar-refractivity contribution in [2.24, 2.45) is 0 Å². The Labute approximate surface area is 130 Å². The number of aldehydes is 1. The van der Waals surface area contributed by atoms with Crippen LogP contribution in [0, 0.1) is 0 Å². The molecule has 0 fully saturated rings. The zero-order valence-corrected chi connectivity index (χ0v) is 13.1. The summed E-state index contributed by atoms with van der Waals surface area (Å²) in [6.07, 6.45) is 2.02. The van der Waals surface area contributed by atoms with Crippen LogP contribution in [-0.4, -0.2) is 18.7 Å². The normalized spacial score (nSPS) is 11.7. The first-order valence-electron chi connectivity index (χ1n) is 6.10. The molecule has 0 saturated carbocycles. The van der Waals surface area contributed by atoms with E-state index in [1.165, 1.54) is 18.3 Å². The number of benzene rings is 2. The van der Waals surface area contributed by atoms with Crippen LogP contribution >= 0.6 is 15.9 Å². The van der Waals surface area contributed by atoms with Crippen LogP contribution in [0.2, 0.25) is 0 Å². The van der Waals surface area contributed by atoms with Crippen molar-refractivity contribution in [2.45, 2.75) is 4.90 Å². The van der Waals surface area contributed by atoms with Crippen LogP contribution in [0.15, 0.2) is 64.1 Å². The number of fused-ring (bicyclic) bond motifs is 1. The van der Waals surface area contributed by atoms with Gasteiger partial charge in [0.1, 0.15) is 0 Å². The van der Waals surface area contributed by atoms with Gasteiger partial charge in [0.05, 0.1) is 10.4 Å². The summed E-state index contributed by atoms with van der Waals surface area (Å²) in [6.45, 7) is 0. The molecule has 3 rings (SSSR count). The van der Waals surface area contributed by atoms with E-state index in [4.69, 9.17) is 0 Å². The van der Waals surface area contributed by atoms with E-state index in [0.717, 1.165) is 8.45 Å². The molecule has 0 amide bonds. The molecule has 21 heavy (non-hydrogen) atoms. The number of para-hydroxylation sites is 1. The van der Waals surface area contributed by atoms with Crippen molar-refractivity contribution < 1.29 is 13.2 Å². The fourth-order valence-corrected chi connectivity index (χ4v) is 3.83. The van der Waals surface area contributed by atoms with Crippen molar-refractivity contribution in [1.29, 1.82) is 0 Å². The number of hydrogen-bond donors (Lipinski definition) is 0. The van der Waals surface area contributed by atoms with Crippen LogP contribution in [-0.2, 0) is 10.0 Å². The van der Waals surface area contributed by atoms with E-state index < -0.39 is 10.0 Å². The van der Waals surface area contributed by atoms with E-state index in [1.807, 2.05) is 0 Å². The summed E-state index contributed by atoms with van der Waals surface area (Å²) in [5.74, 6) is 0. The summed E-state index contributed by atoms with van der Waals surface area (Å²) >= 11 is 3.28. The number of rotatable bonds is 3. The minimum Gasteiger partial charge on any atom is -0.298 e. The molecule has 1 heterocycles. The Morgan fingerprint density at radius 2 is 1.67 bits per heavy atom. The van der Waals surface area contributed by atoms with Crippen LogP contribution in [0.5, 0.6) is 0 Å². The van der Waals surface area contributed by atoms with E-state index in [2.05, 4.69) is 15.9 Å². The average Bonchev–Trinajstić information content (AvgIpc) is 2.87. The lowest BCUT2D eigenvalue weighted by Gasteiger charge is -2.07. The average molecular weight is 364 g/mol. The lowest BCUT2D eigenvalue weighted by molar-refractivity contribution is 0.112. The molecule has 0 aliphatic heterocycles. The van der Waals surface area contributed by atoms with E-state index in [1.54, 1.807) is 36.4 Å². The van der Waals surface area contributed by atoms with Gasteiger partial charge in [0.25, 0.3) is 10.0 Å². The topological polar surface area (TPSA) is 56.1 Å². The van der Waals surface area contributed by atoms with Gasteiger partial charge in [0, 0.05) is 21.6 Å². The monoisotopic (exact) mass is 363 g/mol. The van der Waals surface area contributed by atoms with Gasteiger partial charge in [-0.15, -0.1) is 0 Å². The third kappa shape index (κ3) is 2.30. The third-order valence-electron chi connectivity index (χ3n) is 3.21. The molecule has 106 valence electrons. The molecule has 0 aliphatic carbocycles. The molecule has 3 aromatic rings. The van der Waals surface area contributed by atoms with E-state index in [-0.39, 0.29) is 4.90 Å². The van der Waals surface area contributed by atoms with Crippen LogP contribution in [0.4, 0.5) is 0 Å². The Balaban J connectivity index is 2.29. The van der Waals surface area contributed by atoms with Gasteiger partial charge in [-0.2, -0.15) is 0 Å². The predicted octanol–water partition coefficient (Wildman–Crippen LogP) is 3.45. The molecule has 2 aromatic carbocycles. The maximum Gasteiger partial charge on any atom is 0.268 e. The fourth-order valence-electron chi connectivity index (χ4n) is 2.19. The molecule has 0 N–H and O–H groups in total. The smallest absolute Gasteiger partial charge is 0.268 e. The molecule has 6 heteroatoms. The van der Waals surface area contributed by atoms with Gasteiger partial charge in [-0.05, 0) is 30.3 Å². The van der Waals surface area contributed by atoms with Crippen molar-refractivity contribution in [3.8, 4) is 0 Å². The highest BCUT2D eigenvalue weighted by Gasteiger charge is 2.20. The Morgan fingerprint density at radius 1 is 1.00 bits per heavy atom. The molecule has 0 bridgehead atoms. The fraction of sp³-hybridized carbons (Fsp3) is 0. The molecule has 0 saturated heterocycles. The number of nitrogens with zero attached hydrogens (tertiary/aromatic N) is 1. The number of carbonyl (C=O) groups is 1. The van der Waals surface area contributed by atoms with Gasteiger partial charge >= 0.3 is 0 Å². The van der Waals surface area contributed by atoms with Gasteiger partial charge in [-0.3, -0.25) is 4.79 Å². The largest absolute Gasteiger partial charge is 0.298 e. The minimum absolute atomic E-state index is 0.170. The maximum absolute atomic E-state index is 12.7. The first-order valence-corrected chi connectivity index (χ1v) is 8.34. The highest BCUT2D eigenvalue weighted by molar-refractivity contribution is 9.10. The van der Waals surface area contributed by atoms with E-state index >= 15 is 0 Å². The standard InChI is InChI=1S/C15H10BrNO3S/c16-12-5-7-13(8-6-12)21(19,20)17-9-11(10-18)14-3-1-2-4-15(14)17/h1-10H. The molecule has 0 atom stereocenters. The second-order valence-corrected chi connectivity index (χ2v) is 7.20. The summed E-state index contributed by atoms with van der Waals surface area (Å²) in [5, 5.41) is 0.619. The van der Waals surface area contributed by atoms with Crippen molar-refractivity contribution in [2.75, 3.05) is 0 Å². The van der Waals surface area contributed by atoms with Crippen molar-refractivity contribution >= 4 is 43.1 Å². The summed E-state index contributed by atoms with van der Waals surface area (Å²) in [5.41, 5.74) is 0.841. The van der Waals surface area contributed by atoms with Gasteiger partial charge in [0.2, 0.25) is 0 Å². The molecular formula is C15H10BrNO3S. The summed E-state index contributed by atoms with van der Waals surface area (Å²) in [4.78, 5) is 11.3.